The number of halogens is 1. The summed E-state index contributed by atoms with van der Waals surface area (Å²) in [7, 11) is 0. The van der Waals surface area contributed by atoms with E-state index in [1.54, 1.807) is 12.1 Å². The fourth-order valence-corrected chi connectivity index (χ4v) is 1.68. The predicted molar refractivity (Wildman–Crippen MR) is 58.9 cm³/mol. The average Bonchev–Trinajstić information content (AvgIpc) is 2.30. The van der Waals surface area contributed by atoms with Crippen molar-refractivity contribution in [2.24, 2.45) is 5.92 Å². The molecule has 0 aromatic heterocycles. The molecule has 0 aliphatic carbocycles. The van der Waals surface area contributed by atoms with Crippen molar-refractivity contribution >= 4 is 0 Å². The van der Waals surface area contributed by atoms with Crippen LogP contribution in [-0.2, 0) is 0 Å². The van der Waals surface area contributed by atoms with Gasteiger partial charge in [-0.05, 0) is 50.2 Å². The molecule has 2 rings (SSSR count). The lowest BCUT2D eigenvalue weighted by atomic mass is 9.98. The number of piperidine rings is 1. The lowest BCUT2D eigenvalue weighted by molar-refractivity contribution is 0.447. The number of hydrogen-bond acceptors (Lipinski definition) is 1. The van der Waals surface area contributed by atoms with Crippen molar-refractivity contribution < 1.29 is 4.39 Å². The van der Waals surface area contributed by atoms with E-state index in [1.165, 1.54) is 12.1 Å². The van der Waals surface area contributed by atoms with Gasteiger partial charge in [0, 0.05) is 11.5 Å². The highest BCUT2D eigenvalue weighted by atomic mass is 19.1. The molecule has 1 aliphatic rings. The molecule has 0 spiro atoms. The maximum Gasteiger partial charge on any atom is 0.123 e. The maximum absolute atomic E-state index is 12.6. The van der Waals surface area contributed by atoms with E-state index in [1.807, 2.05) is 0 Å². The quantitative estimate of drug-likeness (QED) is 0.637. The summed E-state index contributed by atoms with van der Waals surface area (Å²) in [5.41, 5.74) is 0.898. The van der Waals surface area contributed by atoms with Crippen LogP contribution in [0.4, 0.5) is 4.39 Å². The Morgan fingerprint density at radius 1 is 1.13 bits per heavy atom. The summed E-state index contributed by atoms with van der Waals surface area (Å²) in [5.74, 6) is 6.63. The molecule has 15 heavy (non-hydrogen) atoms. The zero-order chi connectivity index (χ0) is 10.5. The van der Waals surface area contributed by atoms with Gasteiger partial charge in [-0.25, -0.2) is 4.39 Å². The van der Waals surface area contributed by atoms with E-state index < -0.39 is 0 Å². The standard InChI is InChI=1S/C13H14FN/c14-13-5-3-11(4-6-13)1-2-12-7-9-15-10-8-12/h3-6,12,15H,7-10H2. The second-order valence-corrected chi connectivity index (χ2v) is 3.80. The molecule has 0 radical (unpaired) electrons. The average molecular weight is 203 g/mol. The van der Waals surface area contributed by atoms with Gasteiger partial charge in [0.2, 0.25) is 0 Å². The van der Waals surface area contributed by atoms with Crippen LogP contribution in [0.15, 0.2) is 24.3 Å². The Labute approximate surface area is 89.7 Å². The van der Waals surface area contributed by atoms with Gasteiger partial charge >= 0.3 is 0 Å². The topological polar surface area (TPSA) is 12.0 Å². The molecule has 1 aromatic carbocycles. The Bertz CT molecular complexity index is 366. The Balaban J connectivity index is 2.00. The Kier molecular flexibility index (Phi) is 3.37. The van der Waals surface area contributed by atoms with Crippen LogP contribution in [0.25, 0.3) is 0 Å². The second kappa shape index (κ2) is 4.95. The van der Waals surface area contributed by atoms with Crippen LogP contribution in [0.5, 0.6) is 0 Å². The molecule has 1 N–H and O–H groups in total. The first kappa shape index (κ1) is 10.2. The van der Waals surface area contributed by atoms with Gasteiger partial charge in [-0.3, -0.25) is 0 Å². The second-order valence-electron chi connectivity index (χ2n) is 3.80. The summed E-state index contributed by atoms with van der Waals surface area (Å²) < 4.78 is 12.6. The lowest BCUT2D eigenvalue weighted by Crippen LogP contribution is -2.26. The van der Waals surface area contributed by atoms with Gasteiger partial charge in [-0.2, -0.15) is 0 Å². The molecule has 0 unspecified atom stereocenters. The molecule has 1 heterocycles. The molecule has 1 nitrogen and oxygen atoms in total. The van der Waals surface area contributed by atoms with E-state index in [4.69, 9.17) is 0 Å². The monoisotopic (exact) mass is 203 g/mol. The van der Waals surface area contributed by atoms with Crippen molar-refractivity contribution in [1.29, 1.82) is 0 Å². The summed E-state index contributed by atoms with van der Waals surface area (Å²) in [5, 5.41) is 3.30. The van der Waals surface area contributed by atoms with Gasteiger partial charge in [-0.15, -0.1) is 0 Å². The predicted octanol–water partition coefficient (Wildman–Crippen LogP) is 2.18. The Morgan fingerprint density at radius 3 is 2.47 bits per heavy atom. The first-order chi connectivity index (χ1) is 7.34. The summed E-state index contributed by atoms with van der Waals surface area (Å²) in [6.45, 7) is 2.12. The molecule has 0 saturated carbocycles. The van der Waals surface area contributed by atoms with E-state index >= 15 is 0 Å². The molecule has 0 amide bonds. The molecule has 1 fully saturated rings. The van der Waals surface area contributed by atoms with E-state index in [2.05, 4.69) is 17.2 Å². The summed E-state index contributed by atoms with van der Waals surface area (Å²) in [6.07, 6.45) is 2.24. The molecule has 0 atom stereocenters. The molecule has 2 heteroatoms. The van der Waals surface area contributed by atoms with Crippen molar-refractivity contribution in [3.63, 3.8) is 0 Å². The molecular formula is C13H14FN. The number of nitrogens with one attached hydrogen (secondary N) is 1. The molecule has 1 aliphatic heterocycles. The molecule has 0 bridgehead atoms. The lowest BCUT2D eigenvalue weighted by Gasteiger charge is -2.17. The number of rotatable bonds is 0. The van der Waals surface area contributed by atoms with Crippen molar-refractivity contribution in [3.8, 4) is 11.8 Å². The van der Waals surface area contributed by atoms with Gasteiger partial charge in [0.1, 0.15) is 5.82 Å². The SMILES string of the molecule is Fc1ccc(C#CC2CCNCC2)cc1. The number of hydrogen-bond donors (Lipinski definition) is 1. The summed E-state index contributed by atoms with van der Waals surface area (Å²) in [6, 6.07) is 6.35. The molecule has 1 saturated heterocycles. The van der Waals surface area contributed by atoms with E-state index in [0.29, 0.717) is 5.92 Å². The van der Waals surface area contributed by atoms with Crippen LogP contribution >= 0.6 is 0 Å². The minimum atomic E-state index is -0.206. The van der Waals surface area contributed by atoms with E-state index in [0.717, 1.165) is 31.5 Å². The highest BCUT2D eigenvalue weighted by molar-refractivity contribution is 5.34. The van der Waals surface area contributed by atoms with E-state index in [9.17, 15) is 4.39 Å². The smallest absolute Gasteiger partial charge is 0.123 e. The van der Waals surface area contributed by atoms with Gasteiger partial charge in [0.25, 0.3) is 0 Å². The zero-order valence-corrected chi connectivity index (χ0v) is 8.59. The molecule has 1 aromatic rings. The van der Waals surface area contributed by atoms with Crippen LogP contribution in [0.3, 0.4) is 0 Å². The first-order valence-electron chi connectivity index (χ1n) is 5.32. The highest BCUT2D eigenvalue weighted by Gasteiger charge is 2.08. The van der Waals surface area contributed by atoms with Gasteiger partial charge in [-0.1, -0.05) is 11.8 Å². The van der Waals surface area contributed by atoms with Crippen molar-refractivity contribution in [3.05, 3.63) is 35.6 Å². The third kappa shape index (κ3) is 3.07. The number of benzene rings is 1. The third-order valence-electron chi connectivity index (χ3n) is 2.60. The van der Waals surface area contributed by atoms with Crippen LogP contribution in [0.2, 0.25) is 0 Å². The van der Waals surface area contributed by atoms with Crippen LogP contribution < -0.4 is 5.32 Å². The van der Waals surface area contributed by atoms with Gasteiger partial charge < -0.3 is 5.32 Å². The van der Waals surface area contributed by atoms with Crippen molar-refractivity contribution in [2.75, 3.05) is 13.1 Å². The summed E-state index contributed by atoms with van der Waals surface area (Å²) in [4.78, 5) is 0. The van der Waals surface area contributed by atoms with Crippen LogP contribution in [-0.4, -0.2) is 13.1 Å². The van der Waals surface area contributed by atoms with Gasteiger partial charge in [0.05, 0.1) is 0 Å². The normalized spacial score (nSPS) is 16.9. The van der Waals surface area contributed by atoms with Crippen LogP contribution in [0, 0.1) is 23.6 Å². The first-order valence-corrected chi connectivity index (χ1v) is 5.32. The largest absolute Gasteiger partial charge is 0.317 e. The van der Waals surface area contributed by atoms with Crippen LogP contribution in [0.1, 0.15) is 18.4 Å². The fourth-order valence-electron chi connectivity index (χ4n) is 1.68. The van der Waals surface area contributed by atoms with E-state index in [-0.39, 0.29) is 5.82 Å². The fraction of sp³-hybridized carbons (Fsp3) is 0.385. The Morgan fingerprint density at radius 2 is 1.80 bits per heavy atom. The third-order valence-corrected chi connectivity index (χ3v) is 2.60. The van der Waals surface area contributed by atoms with Crippen molar-refractivity contribution in [1.82, 2.24) is 5.32 Å². The van der Waals surface area contributed by atoms with Gasteiger partial charge in [0.15, 0.2) is 0 Å². The van der Waals surface area contributed by atoms with Crippen molar-refractivity contribution in [2.45, 2.75) is 12.8 Å². The zero-order valence-electron chi connectivity index (χ0n) is 8.59. The highest BCUT2D eigenvalue weighted by Crippen LogP contribution is 2.10. The maximum atomic E-state index is 12.6. The minimum absolute atomic E-state index is 0.206. The Hall–Kier alpha value is -1.33. The molecule has 78 valence electrons. The summed E-state index contributed by atoms with van der Waals surface area (Å²) >= 11 is 0. The molecular weight excluding hydrogens is 189 g/mol. The minimum Gasteiger partial charge on any atom is -0.317 e.